The number of hydrogen-bond donors (Lipinski definition) is 1. The average molecular weight is 482 g/mol. The van der Waals surface area contributed by atoms with Gasteiger partial charge in [-0.1, -0.05) is 50.2 Å². The standard InChI is InChI=1S/C28H39N3O4/c1-20(2)18-34-19-23(32)16-31(21(3)4)17-26-27(22-11-8-7-9-12-22)29-30(5)28(26)35-25-14-10-13-24(15-25)33-6/h7-15,20-21,23,32H,16-19H2,1-6H3/t23-/m1/s1. The van der Waals surface area contributed by atoms with E-state index in [1.54, 1.807) is 11.8 Å². The van der Waals surface area contributed by atoms with E-state index in [0.29, 0.717) is 43.9 Å². The highest BCUT2D eigenvalue weighted by molar-refractivity contribution is 5.65. The molecule has 0 aliphatic rings. The number of aryl methyl sites for hydroxylation is 1. The van der Waals surface area contributed by atoms with Crippen LogP contribution in [0.5, 0.6) is 17.4 Å². The van der Waals surface area contributed by atoms with Crippen molar-refractivity contribution in [1.82, 2.24) is 14.7 Å². The van der Waals surface area contributed by atoms with Gasteiger partial charge in [-0.3, -0.25) is 4.90 Å². The van der Waals surface area contributed by atoms with Gasteiger partial charge in [0, 0.05) is 44.4 Å². The molecule has 0 aliphatic heterocycles. The minimum atomic E-state index is -0.587. The van der Waals surface area contributed by atoms with Crippen molar-refractivity contribution in [2.24, 2.45) is 13.0 Å². The van der Waals surface area contributed by atoms with Gasteiger partial charge >= 0.3 is 0 Å². The van der Waals surface area contributed by atoms with E-state index >= 15 is 0 Å². The van der Waals surface area contributed by atoms with Crippen molar-refractivity contribution in [2.75, 3.05) is 26.9 Å². The maximum Gasteiger partial charge on any atom is 0.222 e. The Kier molecular flexibility index (Phi) is 9.72. The summed E-state index contributed by atoms with van der Waals surface area (Å²) in [5.74, 6) is 2.49. The molecule has 0 radical (unpaired) electrons. The number of aliphatic hydroxyl groups excluding tert-OH is 1. The van der Waals surface area contributed by atoms with Crippen LogP contribution in [0.15, 0.2) is 54.6 Å². The van der Waals surface area contributed by atoms with Crippen LogP contribution in [0.25, 0.3) is 11.3 Å². The summed E-state index contributed by atoms with van der Waals surface area (Å²) in [6.07, 6.45) is -0.587. The molecule has 1 heterocycles. The van der Waals surface area contributed by atoms with Crippen LogP contribution >= 0.6 is 0 Å². The van der Waals surface area contributed by atoms with E-state index in [4.69, 9.17) is 19.3 Å². The third-order valence-electron chi connectivity index (χ3n) is 5.69. The van der Waals surface area contributed by atoms with E-state index in [1.807, 2.05) is 49.5 Å². The van der Waals surface area contributed by atoms with Crippen LogP contribution in [0.3, 0.4) is 0 Å². The zero-order valence-electron chi connectivity index (χ0n) is 21.8. The smallest absolute Gasteiger partial charge is 0.222 e. The lowest BCUT2D eigenvalue weighted by Crippen LogP contribution is -2.39. The van der Waals surface area contributed by atoms with Crippen LogP contribution in [-0.2, 0) is 18.3 Å². The van der Waals surface area contributed by atoms with Crippen molar-refractivity contribution >= 4 is 0 Å². The molecule has 0 spiro atoms. The molecule has 0 bridgehead atoms. The second-order valence-corrected chi connectivity index (χ2v) is 9.51. The predicted molar refractivity (Wildman–Crippen MR) is 139 cm³/mol. The number of aromatic nitrogens is 2. The number of ether oxygens (including phenoxy) is 3. The fourth-order valence-electron chi connectivity index (χ4n) is 3.85. The lowest BCUT2D eigenvalue weighted by Gasteiger charge is -2.29. The minimum Gasteiger partial charge on any atom is -0.497 e. The summed E-state index contributed by atoms with van der Waals surface area (Å²) in [6, 6.07) is 17.8. The zero-order valence-corrected chi connectivity index (χ0v) is 21.8. The highest BCUT2D eigenvalue weighted by Crippen LogP contribution is 2.35. The Morgan fingerprint density at radius 1 is 0.971 bits per heavy atom. The normalized spacial score (nSPS) is 12.5. The topological polar surface area (TPSA) is 69.0 Å². The minimum absolute atomic E-state index is 0.197. The van der Waals surface area contributed by atoms with Gasteiger partial charge in [0.25, 0.3) is 0 Å². The molecule has 0 aliphatic carbocycles. The molecule has 35 heavy (non-hydrogen) atoms. The third kappa shape index (κ3) is 7.56. The van der Waals surface area contributed by atoms with E-state index in [9.17, 15) is 5.11 Å². The van der Waals surface area contributed by atoms with E-state index in [0.717, 1.165) is 22.6 Å². The Bertz CT molecular complexity index is 1050. The maximum absolute atomic E-state index is 10.7. The summed E-state index contributed by atoms with van der Waals surface area (Å²) in [5, 5.41) is 15.5. The van der Waals surface area contributed by atoms with Gasteiger partial charge < -0.3 is 19.3 Å². The zero-order chi connectivity index (χ0) is 25.4. The molecule has 0 amide bonds. The summed E-state index contributed by atoms with van der Waals surface area (Å²) in [7, 11) is 3.53. The number of nitrogens with zero attached hydrogens (tertiary/aromatic N) is 3. The molecule has 3 rings (SSSR count). The maximum atomic E-state index is 10.7. The van der Waals surface area contributed by atoms with E-state index < -0.39 is 6.10 Å². The molecule has 1 atom stereocenters. The van der Waals surface area contributed by atoms with Crippen molar-refractivity contribution in [3.8, 4) is 28.6 Å². The quantitative estimate of drug-likeness (QED) is 0.365. The van der Waals surface area contributed by atoms with Gasteiger partial charge in [-0.05, 0) is 31.9 Å². The molecule has 2 aromatic carbocycles. The summed E-state index contributed by atoms with van der Waals surface area (Å²) < 4.78 is 19.2. The molecular formula is C28H39N3O4. The van der Waals surface area contributed by atoms with Crippen LogP contribution in [0.4, 0.5) is 0 Å². The number of methoxy groups -OCH3 is 1. The lowest BCUT2D eigenvalue weighted by molar-refractivity contribution is 0.00166. The van der Waals surface area contributed by atoms with Crippen molar-refractivity contribution in [3.05, 3.63) is 60.2 Å². The Labute approximate surface area is 209 Å². The molecular weight excluding hydrogens is 442 g/mol. The van der Waals surface area contributed by atoms with Gasteiger partial charge in [0.2, 0.25) is 5.88 Å². The Hall–Kier alpha value is -2.87. The molecule has 7 heteroatoms. The van der Waals surface area contributed by atoms with Crippen LogP contribution in [0, 0.1) is 5.92 Å². The van der Waals surface area contributed by atoms with Crippen LogP contribution < -0.4 is 9.47 Å². The second-order valence-electron chi connectivity index (χ2n) is 9.51. The molecule has 1 N–H and O–H groups in total. The lowest BCUT2D eigenvalue weighted by atomic mass is 10.1. The number of hydrogen-bond acceptors (Lipinski definition) is 6. The second kappa shape index (κ2) is 12.7. The molecule has 0 fully saturated rings. The first-order valence-electron chi connectivity index (χ1n) is 12.2. The first-order chi connectivity index (χ1) is 16.8. The Balaban J connectivity index is 1.92. The highest BCUT2D eigenvalue weighted by atomic mass is 16.5. The highest BCUT2D eigenvalue weighted by Gasteiger charge is 2.24. The Morgan fingerprint density at radius 3 is 2.34 bits per heavy atom. The SMILES string of the molecule is COc1cccc(Oc2c(CN(C[C@@H](O)COCC(C)C)C(C)C)c(-c3ccccc3)nn2C)c1. The van der Waals surface area contributed by atoms with Gasteiger partial charge in [0.1, 0.15) is 17.2 Å². The summed E-state index contributed by atoms with van der Waals surface area (Å²) in [5.41, 5.74) is 2.84. The first kappa shape index (κ1) is 26.7. The monoisotopic (exact) mass is 481 g/mol. The van der Waals surface area contributed by atoms with Gasteiger partial charge in [-0.2, -0.15) is 5.10 Å². The van der Waals surface area contributed by atoms with Gasteiger partial charge in [-0.25, -0.2) is 4.68 Å². The summed E-state index contributed by atoms with van der Waals surface area (Å²) in [6.45, 7) is 10.5. The predicted octanol–water partition coefficient (Wildman–Crippen LogP) is 5.13. The molecule has 3 aromatic rings. The molecule has 1 aromatic heterocycles. The molecule has 7 nitrogen and oxygen atoms in total. The van der Waals surface area contributed by atoms with E-state index in [1.165, 1.54) is 0 Å². The van der Waals surface area contributed by atoms with Crippen molar-refractivity contribution < 1.29 is 19.3 Å². The molecule has 0 saturated carbocycles. The first-order valence-corrected chi connectivity index (χ1v) is 12.2. The molecule has 190 valence electrons. The average Bonchev–Trinajstić information content (AvgIpc) is 3.14. The third-order valence-corrected chi connectivity index (χ3v) is 5.69. The van der Waals surface area contributed by atoms with Gasteiger partial charge in [-0.15, -0.1) is 0 Å². The van der Waals surface area contributed by atoms with Crippen LogP contribution in [-0.4, -0.2) is 58.8 Å². The largest absolute Gasteiger partial charge is 0.497 e. The Morgan fingerprint density at radius 2 is 1.69 bits per heavy atom. The number of aliphatic hydroxyl groups is 1. The van der Waals surface area contributed by atoms with Crippen molar-refractivity contribution in [2.45, 2.75) is 46.4 Å². The van der Waals surface area contributed by atoms with Gasteiger partial charge in [0.05, 0.1) is 25.4 Å². The molecule has 0 unspecified atom stereocenters. The van der Waals surface area contributed by atoms with Crippen LogP contribution in [0.2, 0.25) is 0 Å². The van der Waals surface area contributed by atoms with Gasteiger partial charge in [0.15, 0.2) is 0 Å². The number of rotatable bonds is 13. The van der Waals surface area contributed by atoms with E-state index in [2.05, 4.69) is 44.7 Å². The van der Waals surface area contributed by atoms with E-state index in [-0.39, 0.29) is 6.04 Å². The molecule has 0 saturated heterocycles. The van der Waals surface area contributed by atoms with Crippen molar-refractivity contribution in [1.29, 1.82) is 0 Å². The summed E-state index contributed by atoms with van der Waals surface area (Å²) >= 11 is 0. The number of benzene rings is 2. The summed E-state index contributed by atoms with van der Waals surface area (Å²) in [4.78, 5) is 2.23. The van der Waals surface area contributed by atoms with Crippen LogP contribution in [0.1, 0.15) is 33.3 Å². The van der Waals surface area contributed by atoms with Crippen molar-refractivity contribution in [3.63, 3.8) is 0 Å². The fourth-order valence-corrected chi connectivity index (χ4v) is 3.85. The fraction of sp³-hybridized carbons (Fsp3) is 0.464.